The number of carbonyl (C=O) groups is 1. The van der Waals surface area contributed by atoms with Crippen molar-refractivity contribution in [3.8, 4) is 0 Å². The van der Waals surface area contributed by atoms with Gasteiger partial charge in [-0.2, -0.15) is 8.78 Å². The van der Waals surface area contributed by atoms with Crippen molar-refractivity contribution >= 4 is 11.7 Å². The molecule has 3 nitrogen and oxygen atoms in total. The Kier molecular flexibility index (Phi) is 3.73. The molecule has 17 heavy (non-hydrogen) atoms. The van der Waals surface area contributed by atoms with E-state index in [1.54, 1.807) is 6.92 Å². The van der Waals surface area contributed by atoms with Gasteiger partial charge in [0.2, 0.25) is 0 Å². The molecule has 0 aliphatic rings. The number of halogens is 2. The predicted molar refractivity (Wildman–Crippen MR) is 60.4 cm³/mol. The maximum atomic E-state index is 13.1. The molecule has 1 aromatic carbocycles. The molecule has 1 aromatic rings. The highest BCUT2D eigenvalue weighted by Gasteiger charge is 2.40. The minimum atomic E-state index is -3.87. The lowest BCUT2D eigenvalue weighted by molar-refractivity contribution is -0.166. The molecule has 0 amide bonds. The topological polar surface area (TPSA) is 49.7 Å². The summed E-state index contributed by atoms with van der Waals surface area (Å²) in [5, 5.41) is 8.37. The van der Waals surface area contributed by atoms with Gasteiger partial charge in [0.05, 0.1) is 0 Å². The molecule has 0 saturated heterocycles. The molecule has 1 rings (SSSR count). The number of nitrogens with zero attached hydrogens (tertiary/aromatic N) is 1. The standard InChI is InChI=1S/C12H11F2NO2/c1-3-15-8(2)9-4-6-10(7-5-9)12(13,14)11(16)17/h3-7H,1H2,2H3,(H,16,17)/b15-8+. The number of alkyl halides is 2. The fraction of sp³-hybridized carbons (Fsp3) is 0.167. The van der Waals surface area contributed by atoms with Gasteiger partial charge in [0.1, 0.15) is 0 Å². The first-order valence-corrected chi connectivity index (χ1v) is 4.77. The predicted octanol–water partition coefficient (Wildman–Crippen LogP) is 2.82. The number of rotatable bonds is 4. The Hall–Kier alpha value is -2.04. The lowest BCUT2D eigenvalue weighted by Crippen LogP contribution is -2.25. The average Bonchev–Trinajstić information content (AvgIpc) is 2.29. The van der Waals surface area contributed by atoms with E-state index in [1.807, 2.05) is 0 Å². The summed E-state index contributed by atoms with van der Waals surface area (Å²) < 4.78 is 26.2. The Morgan fingerprint density at radius 2 is 1.94 bits per heavy atom. The van der Waals surface area contributed by atoms with Crippen molar-refractivity contribution in [2.75, 3.05) is 0 Å². The van der Waals surface area contributed by atoms with E-state index in [2.05, 4.69) is 11.6 Å². The van der Waals surface area contributed by atoms with Gasteiger partial charge < -0.3 is 5.11 Å². The number of carboxylic acid groups (broad SMARTS) is 1. The summed E-state index contributed by atoms with van der Waals surface area (Å²) >= 11 is 0. The van der Waals surface area contributed by atoms with Gasteiger partial charge >= 0.3 is 11.9 Å². The lowest BCUT2D eigenvalue weighted by Gasteiger charge is -2.11. The molecule has 0 unspecified atom stereocenters. The third-order valence-corrected chi connectivity index (χ3v) is 2.22. The molecular weight excluding hydrogens is 228 g/mol. The minimum absolute atomic E-state index is 0.555. The Morgan fingerprint density at radius 1 is 1.41 bits per heavy atom. The number of carboxylic acids is 1. The smallest absolute Gasteiger partial charge is 0.379 e. The number of aliphatic imine (C=N–C) groups is 1. The van der Waals surface area contributed by atoms with E-state index < -0.39 is 17.5 Å². The first kappa shape index (κ1) is 13.0. The van der Waals surface area contributed by atoms with Gasteiger partial charge in [-0.3, -0.25) is 4.99 Å². The summed E-state index contributed by atoms with van der Waals surface area (Å²) in [5.74, 6) is -6.04. The summed E-state index contributed by atoms with van der Waals surface area (Å²) in [4.78, 5) is 14.3. The summed E-state index contributed by atoms with van der Waals surface area (Å²) in [5.41, 5.74) is 0.695. The van der Waals surface area contributed by atoms with Crippen LogP contribution in [0, 0.1) is 0 Å². The monoisotopic (exact) mass is 239 g/mol. The lowest BCUT2D eigenvalue weighted by atomic mass is 10.0. The van der Waals surface area contributed by atoms with Crippen molar-refractivity contribution in [3.63, 3.8) is 0 Å². The van der Waals surface area contributed by atoms with E-state index in [-0.39, 0.29) is 0 Å². The van der Waals surface area contributed by atoms with Crippen molar-refractivity contribution in [2.24, 2.45) is 4.99 Å². The molecule has 90 valence electrons. The summed E-state index contributed by atoms with van der Waals surface area (Å²) in [7, 11) is 0. The van der Waals surface area contributed by atoms with Gasteiger partial charge in [0.15, 0.2) is 0 Å². The van der Waals surface area contributed by atoms with Crippen LogP contribution in [0.4, 0.5) is 8.78 Å². The number of benzene rings is 1. The molecule has 0 fully saturated rings. The molecule has 0 spiro atoms. The zero-order valence-corrected chi connectivity index (χ0v) is 9.15. The van der Waals surface area contributed by atoms with E-state index >= 15 is 0 Å². The second-order valence-electron chi connectivity index (χ2n) is 3.35. The molecule has 0 heterocycles. The molecule has 0 aliphatic heterocycles. The molecular formula is C12H11F2NO2. The van der Waals surface area contributed by atoms with Gasteiger partial charge in [-0.1, -0.05) is 30.8 Å². The van der Waals surface area contributed by atoms with Crippen LogP contribution in [0.5, 0.6) is 0 Å². The third-order valence-electron chi connectivity index (χ3n) is 2.22. The summed E-state index contributed by atoms with van der Waals surface area (Å²) in [6, 6.07) is 4.94. The Labute approximate surface area is 97.1 Å². The first-order valence-electron chi connectivity index (χ1n) is 4.77. The van der Waals surface area contributed by atoms with Crippen LogP contribution < -0.4 is 0 Å². The zero-order valence-electron chi connectivity index (χ0n) is 9.15. The van der Waals surface area contributed by atoms with Crippen LogP contribution in [0.1, 0.15) is 18.1 Å². The molecule has 0 atom stereocenters. The zero-order chi connectivity index (χ0) is 13.1. The number of hydrogen-bond acceptors (Lipinski definition) is 2. The maximum absolute atomic E-state index is 13.1. The van der Waals surface area contributed by atoms with Crippen LogP contribution in [0.2, 0.25) is 0 Å². The molecule has 0 aromatic heterocycles. The van der Waals surface area contributed by atoms with Crippen LogP contribution in [0.25, 0.3) is 0 Å². The van der Waals surface area contributed by atoms with Crippen LogP contribution in [0.3, 0.4) is 0 Å². The second-order valence-corrected chi connectivity index (χ2v) is 3.35. The quantitative estimate of drug-likeness (QED) is 0.821. The Bertz CT molecular complexity index is 464. The molecule has 5 heteroatoms. The van der Waals surface area contributed by atoms with Gasteiger partial charge in [-0.25, -0.2) is 4.79 Å². The molecule has 0 saturated carbocycles. The third kappa shape index (κ3) is 2.75. The highest BCUT2D eigenvalue weighted by molar-refractivity contribution is 5.99. The Balaban J connectivity index is 3.08. The van der Waals surface area contributed by atoms with Crippen molar-refractivity contribution in [3.05, 3.63) is 48.2 Å². The van der Waals surface area contributed by atoms with Gasteiger partial charge in [-0.05, 0) is 12.5 Å². The average molecular weight is 239 g/mol. The van der Waals surface area contributed by atoms with E-state index in [4.69, 9.17) is 5.11 Å². The molecule has 0 aliphatic carbocycles. The second kappa shape index (κ2) is 4.86. The number of hydrogen-bond donors (Lipinski definition) is 1. The van der Waals surface area contributed by atoms with Crippen LogP contribution >= 0.6 is 0 Å². The van der Waals surface area contributed by atoms with E-state index in [0.29, 0.717) is 11.3 Å². The fourth-order valence-corrected chi connectivity index (χ4v) is 1.26. The van der Waals surface area contributed by atoms with Gasteiger partial charge in [-0.15, -0.1) is 0 Å². The highest BCUT2D eigenvalue weighted by atomic mass is 19.3. The van der Waals surface area contributed by atoms with E-state index in [9.17, 15) is 13.6 Å². The first-order chi connectivity index (χ1) is 7.89. The maximum Gasteiger partial charge on any atom is 0.379 e. The SMILES string of the molecule is C=C/N=C(\C)c1ccc(C(F)(F)C(=O)O)cc1. The molecule has 0 radical (unpaired) electrons. The van der Waals surface area contributed by atoms with Crippen molar-refractivity contribution < 1.29 is 18.7 Å². The minimum Gasteiger partial charge on any atom is -0.477 e. The highest BCUT2D eigenvalue weighted by Crippen LogP contribution is 2.28. The van der Waals surface area contributed by atoms with Crippen LogP contribution in [0.15, 0.2) is 42.0 Å². The number of aliphatic carboxylic acids is 1. The van der Waals surface area contributed by atoms with Gasteiger partial charge in [0, 0.05) is 17.5 Å². The largest absolute Gasteiger partial charge is 0.477 e. The summed E-state index contributed by atoms with van der Waals surface area (Å²) in [6.45, 7) is 5.12. The van der Waals surface area contributed by atoms with Gasteiger partial charge in [0.25, 0.3) is 0 Å². The van der Waals surface area contributed by atoms with E-state index in [0.717, 1.165) is 12.1 Å². The van der Waals surface area contributed by atoms with E-state index in [1.165, 1.54) is 18.3 Å². The molecule has 1 N–H and O–H groups in total. The fourth-order valence-electron chi connectivity index (χ4n) is 1.26. The Morgan fingerprint density at radius 3 is 2.35 bits per heavy atom. The van der Waals surface area contributed by atoms with Crippen molar-refractivity contribution in [1.29, 1.82) is 0 Å². The van der Waals surface area contributed by atoms with Crippen LogP contribution in [-0.4, -0.2) is 16.8 Å². The van der Waals surface area contributed by atoms with Crippen molar-refractivity contribution in [1.82, 2.24) is 0 Å². The van der Waals surface area contributed by atoms with Crippen LogP contribution in [-0.2, 0) is 10.7 Å². The normalized spacial score (nSPS) is 12.3. The van der Waals surface area contributed by atoms with Crippen molar-refractivity contribution in [2.45, 2.75) is 12.8 Å². The summed E-state index contributed by atoms with van der Waals surface area (Å²) in [6.07, 6.45) is 1.34. The molecule has 0 bridgehead atoms.